The molecular formula is C13H26O6V. The molecule has 1 aliphatic rings. The first-order valence-electron chi connectivity index (χ1n) is 5.93. The van der Waals surface area contributed by atoms with Crippen molar-refractivity contribution in [1.82, 2.24) is 0 Å². The first-order chi connectivity index (χ1) is 8.79. The number of carbonyl (C=O) groups excluding carboxylic acids is 1. The van der Waals surface area contributed by atoms with Crippen molar-refractivity contribution in [1.29, 1.82) is 0 Å². The quantitative estimate of drug-likeness (QED) is 0.610. The van der Waals surface area contributed by atoms with Gasteiger partial charge < -0.3 is 20.1 Å². The van der Waals surface area contributed by atoms with E-state index in [1.54, 1.807) is 41.5 Å². The van der Waals surface area contributed by atoms with Crippen LogP contribution in [0.4, 0.5) is 0 Å². The van der Waals surface area contributed by atoms with Gasteiger partial charge >= 0.3 is 21.0 Å². The maximum atomic E-state index is 10.3. The fraction of sp³-hybridized carbons (Fsp3) is 0.769. The molecule has 1 atom stereocenters. The summed E-state index contributed by atoms with van der Waals surface area (Å²) in [6.45, 7) is 10.5. The molecule has 0 saturated heterocycles. The molecule has 119 valence electrons. The number of ether oxygens (including phenoxy) is 1. The maximum absolute atomic E-state index is 10.3. The van der Waals surface area contributed by atoms with E-state index in [4.69, 9.17) is 19.0 Å². The van der Waals surface area contributed by atoms with Crippen LogP contribution >= 0.6 is 0 Å². The van der Waals surface area contributed by atoms with Crippen LogP contribution < -0.4 is 0 Å². The molecule has 7 heteroatoms. The Balaban J connectivity index is -0.000000213. The first kappa shape index (κ1) is 24.6. The zero-order valence-electron chi connectivity index (χ0n) is 13.0. The van der Waals surface area contributed by atoms with Gasteiger partial charge in [0, 0.05) is 0 Å². The van der Waals surface area contributed by atoms with Crippen molar-refractivity contribution in [2.24, 2.45) is 0 Å². The number of ketones is 1. The molecule has 20 heavy (non-hydrogen) atoms. The topological polar surface area (TPSA) is 104 Å². The number of carbonyl (C=O) groups is 1. The second-order valence-electron chi connectivity index (χ2n) is 5.87. The van der Waals surface area contributed by atoms with Gasteiger partial charge in [-0.1, -0.05) is 0 Å². The number of hydrogen-bond acceptors (Lipinski definition) is 6. The summed E-state index contributed by atoms with van der Waals surface area (Å²) in [4.78, 5) is 10.3. The summed E-state index contributed by atoms with van der Waals surface area (Å²) in [5.41, 5.74) is -1.00. The molecule has 0 spiro atoms. The SMILES string of the molecule is CC(C)(C)O.CC(C)(C)O.O=C1C=CC(O)OC1.[O]=[V]. The number of aliphatic hydroxyl groups excluding tert-OH is 1. The minimum absolute atomic E-state index is 0.00231. The molecule has 0 fully saturated rings. The van der Waals surface area contributed by atoms with Gasteiger partial charge in [0.1, 0.15) is 6.61 Å². The van der Waals surface area contributed by atoms with Crippen molar-refractivity contribution in [2.45, 2.75) is 59.0 Å². The molecular weight excluding hydrogens is 303 g/mol. The molecule has 1 aliphatic heterocycles. The fourth-order valence-electron chi connectivity index (χ4n) is 0.461. The molecule has 0 aromatic carbocycles. The van der Waals surface area contributed by atoms with Gasteiger partial charge in [-0.2, -0.15) is 0 Å². The van der Waals surface area contributed by atoms with E-state index in [0.29, 0.717) is 0 Å². The summed E-state index contributed by atoms with van der Waals surface area (Å²) in [6.07, 6.45) is 1.74. The third-order valence-corrected chi connectivity index (χ3v) is 0.843. The van der Waals surface area contributed by atoms with E-state index < -0.39 is 17.5 Å². The van der Waals surface area contributed by atoms with Crippen molar-refractivity contribution in [3.63, 3.8) is 0 Å². The molecule has 0 aliphatic carbocycles. The van der Waals surface area contributed by atoms with Gasteiger partial charge in [-0.3, -0.25) is 4.79 Å². The standard InChI is InChI=1S/C5H6O3.2C4H10O.O.V/c6-4-1-2-5(7)8-3-4;2*1-4(2,3)5;;/h1-2,5,7H,3H2;2*5H,1-3H3;;. The van der Waals surface area contributed by atoms with Gasteiger partial charge in [-0.15, -0.1) is 0 Å². The van der Waals surface area contributed by atoms with Gasteiger partial charge in [0.05, 0.1) is 11.2 Å². The summed E-state index contributed by atoms with van der Waals surface area (Å²) in [5, 5.41) is 25.6. The Morgan fingerprint density at radius 3 is 1.55 bits per heavy atom. The van der Waals surface area contributed by atoms with Crippen LogP contribution in [0.15, 0.2) is 12.2 Å². The van der Waals surface area contributed by atoms with Crippen molar-refractivity contribution >= 4 is 5.78 Å². The Bertz CT molecular complexity index is 254. The van der Waals surface area contributed by atoms with Gasteiger partial charge in [0.25, 0.3) is 0 Å². The molecule has 0 aromatic rings. The third-order valence-electron chi connectivity index (χ3n) is 0.843. The minimum atomic E-state index is -0.882. The number of rotatable bonds is 0. The fourth-order valence-corrected chi connectivity index (χ4v) is 0.461. The summed E-state index contributed by atoms with van der Waals surface area (Å²) in [5.74, 6) is -0.102. The Morgan fingerprint density at radius 1 is 1.10 bits per heavy atom. The Labute approximate surface area is 130 Å². The summed E-state index contributed by atoms with van der Waals surface area (Å²) >= 11 is 1.06. The average molecular weight is 329 g/mol. The van der Waals surface area contributed by atoms with E-state index >= 15 is 0 Å². The van der Waals surface area contributed by atoms with Gasteiger partial charge in [-0.05, 0) is 53.7 Å². The molecule has 1 rings (SSSR count). The van der Waals surface area contributed by atoms with Crippen molar-refractivity contribution in [3.05, 3.63) is 12.2 Å². The van der Waals surface area contributed by atoms with Crippen molar-refractivity contribution < 1.29 is 45.9 Å². The van der Waals surface area contributed by atoms with Crippen LogP contribution in [0.2, 0.25) is 0 Å². The summed E-state index contributed by atoms with van der Waals surface area (Å²) < 4.78 is 12.7. The van der Waals surface area contributed by atoms with E-state index in [0.717, 1.165) is 17.4 Å². The van der Waals surface area contributed by atoms with Gasteiger partial charge in [0.15, 0.2) is 12.1 Å². The Morgan fingerprint density at radius 2 is 1.40 bits per heavy atom. The monoisotopic (exact) mass is 329 g/mol. The second kappa shape index (κ2) is 12.4. The van der Waals surface area contributed by atoms with E-state index in [-0.39, 0.29) is 12.4 Å². The Kier molecular flexibility index (Phi) is 15.3. The molecule has 3 N–H and O–H groups in total. The number of hydrogen-bond donors (Lipinski definition) is 3. The number of aliphatic hydroxyl groups is 3. The van der Waals surface area contributed by atoms with Gasteiger partial charge in [-0.25, -0.2) is 0 Å². The van der Waals surface area contributed by atoms with Crippen LogP contribution in [-0.2, 0) is 30.6 Å². The van der Waals surface area contributed by atoms with Crippen LogP contribution in [0.25, 0.3) is 0 Å². The normalized spacial score (nSPS) is 17.6. The zero-order chi connectivity index (χ0) is 17.0. The summed E-state index contributed by atoms with van der Waals surface area (Å²) in [7, 11) is 0. The molecule has 1 heterocycles. The van der Waals surface area contributed by atoms with Crippen molar-refractivity contribution in [2.75, 3.05) is 6.61 Å². The van der Waals surface area contributed by atoms with Gasteiger partial charge in [0.2, 0.25) is 0 Å². The predicted molar refractivity (Wildman–Crippen MR) is 70.7 cm³/mol. The molecule has 6 nitrogen and oxygen atoms in total. The van der Waals surface area contributed by atoms with Crippen LogP contribution in [0.1, 0.15) is 41.5 Å². The van der Waals surface area contributed by atoms with E-state index in [2.05, 4.69) is 4.74 Å². The van der Waals surface area contributed by atoms with E-state index in [1.807, 2.05) is 0 Å². The van der Waals surface area contributed by atoms with Crippen molar-refractivity contribution in [3.8, 4) is 0 Å². The van der Waals surface area contributed by atoms with Crippen LogP contribution in [0.5, 0.6) is 0 Å². The van der Waals surface area contributed by atoms with E-state index in [9.17, 15) is 4.79 Å². The molecule has 0 saturated carbocycles. The first-order valence-corrected chi connectivity index (χ1v) is 6.50. The van der Waals surface area contributed by atoms with Crippen LogP contribution in [0.3, 0.4) is 0 Å². The Hall–Kier alpha value is -0.366. The molecule has 1 unspecified atom stereocenters. The second-order valence-corrected chi connectivity index (χ2v) is 5.87. The van der Waals surface area contributed by atoms with Crippen LogP contribution in [0, 0.1) is 0 Å². The molecule has 0 bridgehead atoms. The molecule has 0 amide bonds. The third kappa shape index (κ3) is 52.6. The molecule has 0 aromatic heterocycles. The van der Waals surface area contributed by atoms with Crippen LogP contribution in [-0.4, -0.2) is 45.2 Å². The average Bonchev–Trinajstić information content (AvgIpc) is 2.21. The van der Waals surface area contributed by atoms with E-state index in [1.165, 1.54) is 12.2 Å². The summed E-state index contributed by atoms with van der Waals surface area (Å²) in [6, 6.07) is 0. The predicted octanol–water partition coefficient (Wildman–Crippen LogP) is 0.893. The zero-order valence-corrected chi connectivity index (χ0v) is 14.3. The molecule has 0 radical (unpaired) electrons.